The molecule has 0 amide bonds. The monoisotopic (exact) mass is 630 g/mol. The number of benzene rings is 3. The van der Waals surface area contributed by atoms with E-state index in [1.807, 2.05) is 23.6 Å². The van der Waals surface area contributed by atoms with Gasteiger partial charge in [0, 0.05) is 51.3 Å². The molecule has 0 radical (unpaired) electrons. The average molecular weight is 631 g/mol. The number of aromatic carboxylic acids is 1. The Balaban J connectivity index is 1.59. The van der Waals surface area contributed by atoms with E-state index in [0.717, 1.165) is 34.4 Å². The Bertz CT molecular complexity index is 1740. The van der Waals surface area contributed by atoms with Crippen molar-refractivity contribution in [2.45, 2.75) is 39.2 Å². The lowest BCUT2D eigenvalue weighted by Gasteiger charge is -2.18. The van der Waals surface area contributed by atoms with Gasteiger partial charge in [0.15, 0.2) is 11.5 Å². The first kappa shape index (κ1) is 31.5. The van der Waals surface area contributed by atoms with Crippen LogP contribution < -0.4 is 23.7 Å². The van der Waals surface area contributed by atoms with Crippen LogP contribution in [0.25, 0.3) is 16.7 Å². The molecule has 0 spiro atoms. The van der Waals surface area contributed by atoms with E-state index in [9.17, 15) is 19.8 Å². The molecule has 45 heavy (non-hydrogen) atoms. The van der Waals surface area contributed by atoms with Crippen LogP contribution in [0.3, 0.4) is 0 Å². The Morgan fingerprint density at radius 1 is 0.889 bits per heavy atom. The van der Waals surface area contributed by atoms with Crippen molar-refractivity contribution in [1.82, 2.24) is 0 Å². The molecule has 2 N–H and O–H groups in total. The van der Waals surface area contributed by atoms with Crippen LogP contribution in [0.5, 0.6) is 28.7 Å². The van der Waals surface area contributed by atoms with E-state index >= 15 is 0 Å². The third-order valence-corrected chi connectivity index (χ3v) is 8.57. The van der Waals surface area contributed by atoms with E-state index in [0.29, 0.717) is 46.3 Å². The van der Waals surface area contributed by atoms with Crippen LogP contribution in [-0.4, -0.2) is 43.2 Å². The van der Waals surface area contributed by atoms with Gasteiger partial charge < -0.3 is 33.9 Å². The number of ether oxygens (including phenoxy) is 5. The molecule has 3 aromatic carbocycles. The van der Waals surface area contributed by atoms with Gasteiger partial charge in [-0.05, 0) is 54.1 Å². The van der Waals surface area contributed by atoms with Crippen LogP contribution >= 0.6 is 11.3 Å². The molecule has 9 nitrogen and oxygen atoms in total. The summed E-state index contributed by atoms with van der Waals surface area (Å²) in [6, 6.07) is 17.6. The fourth-order valence-corrected chi connectivity index (χ4v) is 6.30. The average Bonchev–Trinajstić information content (AvgIpc) is 3.72. The number of thiophene rings is 1. The van der Waals surface area contributed by atoms with Crippen molar-refractivity contribution >= 4 is 28.8 Å². The van der Waals surface area contributed by atoms with Crippen LogP contribution in [0.1, 0.15) is 52.5 Å². The summed E-state index contributed by atoms with van der Waals surface area (Å²) >= 11 is 1.47. The van der Waals surface area contributed by atoms with E-state index in [2.05, 4.69) is 6.92 Å². The second-order valence-electron chi connectivity index (χ2n) is 10.3. The molecule has 5 rings (SSSR count). The van der Waals surface area contributed by atoms with E-state index < -0.39 is 11.9 Å². The zero-order chi connectivity index (χ0) is 31.9. The fraction of sp³-hybridized carbons (Fsp3) is 0.257. The summed E-state index contributed by atoms with van der Waals surface area (Å²) in [6.07, 6.45) is 2.34. The van der Waals surface area contributed by atoms with Crippen molar-refractivity contribution in [1.29, 1.82) is 0 Å². The molecule has 4 aromatic rings. The number of carboxylic acid groups (broad SMARTS) is 2. The third-order valence-electron chi connectivity index (χ3n) is 7.59. The van der Waals surface area contributed by atoms with Gasteiger partial charge in [-0.2, -0.15) is 0 Å². The number of rotatable bonds is 14. The van der Waals surface area contributed by atoms with Crippen molar-refractivity contribution in [3.63, 3.8) is 0 Å². The van der Waals surface area contributed by atoms with Crippen LogP contribution in [-0.2, 0) is 17.8 Å². The smallest absolute Gasteiger partial charge is 0.336 e. The van der Waals surface area contributed by atoms with E-state index in [-0.39, 0.29) is 31.0 Å². The van der Waals surface area contributed by atoms with Crippen molar-refractivity contribution in [3.05, 3.63) is 93.2 Å². The normalized spacial score (nSPS) is 12.4. The van der Waals surface area contributed by atoms with Crippen LogP contribution in [0.4, 0.5) is 0 Å². The minimum Gasteiger partial charge on any atom is -0.497 e. The number of hydrogen-bond acceptors (Lipinski definition) is 8. The minimum atomic E-state index is -1.04. The largest absolute Gasteiger partial charge is 0.497 e. The first-order valence-electron chi connectivity index (χ1n) is 14.5. The zero-order valence-corrected chi connectivity index (χ0v) is 26.1. The Morgan fingerprint density at radius 3 is 2.38 bits per heavy atom. The van der Waals surface area contributed by atoms with Gasteiger partial charge in [0.25, 0.3) is 0 Å². The van der Waals surface area contributed by atoms with Crippen molar-refractivity contribution in [2.24, 2.45) is 0 Å². The van der Waals surface area contributed by atoms with Gasteiger partial charge in [-0.25, -0.2) is 9.59 Å². The molecule has 234 valence electrons. The van der Waals surface area contributed by atoms with Gasteiger partial charge >= 0.3 is 11.9 Å². The van der Waals surface area contributed by atoms with E-state index in [1.165, 1.54) is 17.4 Å². The molecule has 0 saturated heterocycles. The van der Waals surface area contributed by atoms with Gasteiger partial charge in [0.2, 0.25) is 6.79 Å². The van der Waals surface area contributed by atoms with E-state index in [1.54, 1.807) is 50.6 Å². The fourth-order valence-electron chi connectivity index (χ4n) is 5.29. The number of methoxy groups -OCH3 is 2. The van der Waals surface area contributed by atoms with Crippen LogP contribution in [0.2, 0.25) is 0 Å². The second kappa shape index (κ2) is 14.2. The minimum absolute atomic E-state index is 0.0188. The molecule has 0 unspecified atom stereocenters. The Kier molecular flexibility index (Phi) is 9.94. The lowest BCUT2D eigenvalue weighted by atomic mass is 9.91. The molecule has 0 fully saturated rings. The highest BCUT2D eigenvalue weighted by Gasteiger charge is 2.25. The Labute approximate surface area is 265 Å². The number of carbonyl (C=O) groups is 2. The van der Waals surface area contributed by atoms with Crippen molar-refractivity contribution in [2.75, 3.05) is 21.0 Å². The number of aliphatic carboxylic acids is 1. The lowest BCUT2D eigenvalue weighted by molar-refractivity contribution is -0.132. The molecule has 10 heteroatoms. The molecule has 0 bridgehead atoms. The summed E-state index contributed by atoms with van der Waals surface area (Å²) in [5.41, 5.74) is 3.90. The highest BCUT2D eigenvalue weighted by atomic mass is 32.1. The second-order valence-corrected chi connectivity index (χ2v) is 11.3. The number of unbranched alkanes of at least 4 members (excludes halogenated alkanes) is 1. The van der Waals surface area contributed by atoms with E-state index in [4.69, 9.17) is 23.7 Å². The summed E-state index contributed by atoms with van der Waals surface area (Å²) in [5, 5.41) is 22.2. The maximum absolute atomic E-state index is 12.9. The predicted octanol–water partition coefficient (Wildman–Crippen LogP) is 7.71. The maximum atomic E-state index is 12.9. The number of allylic oxidation sites excluding steroid dienone is 1. The topological polar surface area (TPSA) is 121 Å². The first-order valence-corrected chi connectivity index (χ1v) is 15.3. The lowest BCUT2D eigenvalue weighted by Crippen LogP contribution is -2.09. The molecule has 0 saturated carbocycles. The standard InChI is InChI=1S/C35H34O9S/c1-4-5-9-26(28(35(38)39)15-22-16-31-32(44-20-43-31)18-29(22)41-3)33-27(13-14-45-33)25-12-11-23(40-2)17-30(25)42-19-21-8-6-7-10-24(21)34(36)37/h6-8,10-14,16-18H,4-5,9,15,19-20H2,1-3H3,(H,36,37)(H,38,39)/b28-26+. The quantitative estimate of drug-likeness (QED) is 0.135. The summed E-state index contributed by atoms with van der Waals surface area (Å²) in [4.78, 5) is 25.6. The van der Waals surface area contributed by atoms with Gasteiger partial charge in [0.1, 0.15) is 23.9 Å². The molecular formula is C35H34O9S. The highest BCUT2D eigenvalue weighted by Crippen LogP contribution is 2.44. The van der Waals surface area contributed by atoms with Gasteiger partial charge in [0.05, 0.1) is 19.8 Å². The first-order chi connectivity index (χ1) is 21.8. The van der Waals surface area contributed by atoms with Gasteiger partial charge in [-0.15, -0.1) is 11.3 Å². The summed E-state index contributed by atoms with van der Waals surface area (Å²) < 4.78 is 28.4. The summed E-state index contributed by atoms with van der Waals surface area (Å²) in [7, 11) is 3.10. The molecule has 0 atom stereocenters. The highest BCUT2D eigenvalue weighted by molar-refractivity contribution is 7.11. The predicted molar refractivity (Wildman–Crippen MR) is 171 cm³/mol. The summed E-state index contributed by atoms with van der Waals surface area (Å²) in [5.74, 6) is 0.626. The maximum Gasteiger partial charge on any atom is 0.336 e. The molecule has 1 aliphatic rings. The molecular weight excluding hydrogens is 596 g/mol. The van der Waals surface area contributed by atoms with Crippen molar-refractivity contribution < 1.29 is 43.5 Å². The number of hydrogen-bond donors (Lipinski definition) is 2. The third kappa shape index (κ3) is 6.91. The molecule has 1 aliphatic heterocycles. The van der Waals surface area contributed by atoms with Gasteiger partial charge in [-0.1, -0.05) is 31.5 Å². The SMILES string of the molecule is CCCC/C(=C(/Cc1cc2c(cc1OC)OCO2)C(=O)O)c1sccc1-c1ccc(OC)cc1OCc1ccccc1C(=O)O. The molecule has 2 heterocycles. The summed E-state index contributed by atoms with van der Waals surface area (Å²) in [6.45, 7) is 2.18. The zero-order valence-electron chi connectivity index (χ0n) is 25.3. The Hall–Kier alpha value is -4.96. The molecule has 0 aliphatic carbocycles. The van der Waals surface area contributed by atoms with Gasteiger partial charge in [-0.3, -0.25) is 0 Å². The Morgan fingerprint density at radius 2 is 1.67 bits per heavy atom. The van der Waals surface area contributed by atoms with Crippen LogP contribution in [0, 0.1) is 0 Å². The number of carboxylic acids is 2. The van der Waals surface area contributed by atoms with Crippen LogP contribution in [0.15, 0.2) is 71.6 Å². The molecule has 1 aromatic heterocycles. The van der Waals surface area contributed by atoms with Crippen molar-refractivity contribution in [3.8, 4) is 39.9 Å². The number of fused-ring (bicyclic) bond motifs is 1.